The summed E-state index contributed by atoms with van der Waals surface area (Å²) in [6.07, 6.45) is 2.97. The molecule has 5 heteroatoms. The number of fused-ring (bicyclic) bond motifs is 1. The first-order valence-corrected chi connectivity index (χ1v) is 7.19. The molecule has 0 saturated carbocycles. The minimum atomic E-state index is -0.265. The largest absolute Gasteiger partial charge is 0.324 e. The number of amides is 1. The number of nitrogens with one attached hydrogen (secondary N) is 2. The first-order chi connectivity index (χ1) is 8.17. The second-order valence-corrected chi connectivity index (χ2v) is 5.21. The monoisotopic (exact) mass is 270 g/mol. The molecule has 1 heterocycles. The van der Waals surface area contributed by atoms with Gasteiger partial charge in [-0.2, -0.15) is 0 Å². The Bertz CT molecular complexity index is 450. The number of rotatable bonds is 4. The summed E-state index contributed by atoms with van der Waals surface area (Å²) in [7, 11) is 0. The third kappa shape index (κ3) is 2.44. The van der Waals surface area contributed by atoms with E-state index in [-0.39, 0.29) is 11.9 Å². The SMILES string of the molecule is CCCNC1C(=O)Nc2cc(SC)c(Cl)cc21. The maximum atomic E-state index is 11.8. The molecule has 2 rings (SSSR count). The van der Waals surface area contributed by atoms with Gasteiger partial charge in [0.05, 0.1) is 5.02 Å². The van der Waals surface area contributed by atoms with E-state index in [9.17, 15) is 4.79 Å². The standard InChI is InChI=1S/C12H15ClN2OS/c1-3-4-14-11-7-5-8(13)10(17-2)6-9(7)15-12(11)16/h5-6,11,14H,3-4H2,1-2H3,(H,15,16). The fourth-order valence-electron chi connectivity index (χ4n) is 1.91. The molecule has 0 spiro atoms. The van der Waals surface area contributed by atoms with Gasteiger partial charge in [-0.05, 0) is 31.4 Å². The summed E-state index contributed by atoms with van der Waals surface area (Å²) in [5.41, 5.74) is 1.82. The van der Waals surface area contributed by atoms with Gasteiger partial charge in [-0.15, -0.1) is 11.8 Å². The number of carbonyl (C=O) groups excluding carboxylic acids is 1. The Labute approximate surface area is 110 Å². The van der Waals surface area contributed by atoms with Crippen molar-refractivity contribution >= 4 is 35.0 Å². The van der Waals surface area contributed by atoms with E-state index in [1.165, 1.54) is 0 Å². The molecule has 0 aliphatic carbocycles. The number of thioether (sulfide) groups is 1. The molecule has 1 aliphatic heterocycles. The number of hydrogen-bond acceptors (Lipinski definition) is 3. The van der Waals surface area contributed by atoms with Crippen molar-refractivity contribution in [2.45, 2.75) is 24.3 Å². The Kier molecular flexibility index (Phi) is 3.97. The van der Waals surface area contributed by atoms with E-state index in [4.69, 9.17) is 11.6 Å². The highest BCUT2D eigenvalue weighted by Gasteiger charge is 2.30. The van der Waals surface area contributed by atoms with Crippen molar-refractivity contribution in [3.8, 4) is 0 Å². The van der Waals surface area contributed by atoms with Crippen molar-refractivity contribution in [2.24, 2.45) is 0 Å². The highest BCUT2D eigenvalue weighted by atomic mass is 35.5. The van der Waals surface area contributed by atoms with Crippen LogP contribution in [-0.4, -0.2) is 18.7 Å². The summed E-state index contributed by atoms with van der Waals surface area (Å²) in [5.74, 6) is 0.00256. The predicted molar refractivity (Wildman–Crippen MR) is 72.9 cm³/mol. The van der Waals surface area contributed by atoms with Gasteiger partial charge in [-0.25, -0.2) is 0 Å². The molecular formula is C12H15ClN2OS. The van der Waals surface area contributed by atoms with Crippen molar-refractivity contribution in [1.82, 2.24) is 5.32 Å². The van der Waals surface area contributed by atoms with Crippen molar-refractivity contribution in [3.63, 3.8) is 0 Å². The average molecular weight is 271 g/mol. The van der Waals surface area contributed by atoms with E-state index in [0.29, 0.717) is 5.02 Å². The van der Waals surface area contributed by atoms with Crippen LogP contribution in [0, 0.1) is 0 Å². The molecule has 1 aromatic carbocycles. The molecule has 0 fully saturated rings. The van der Waals surface area contributed by atoms with E-state index in [1.54, 1.807) is 11.8 Å². The molecule has 17 heavy (non-hydrogen) atoms. The zero-order valence-electron chi connectivity index (χ0n) is 9.84. The lowest BCUT2D eigenvalue weighted by atomic mass is 10.1. The van der Waals surface area contributed by atoms with Crippen LogP contribution in [0.3, 0.4) is 0 Å². The van der Waals surface area contributed by atoms with E-state index in [0.717, 1.165) is 29.1 Å². The third-order valence-corrected chi connectivity index (χ3v) is 3.96. The lowest BCUT2D eigenvalue weighted by Crippen LogP contribution is -2.27. The van der Waals surface area contributed by atoms with Crippen LogP contribution in [0.15, 0.2) is 17.0 Å². The van der Waals surface area contributed by atoms with Crippen LogP contribution in [-0.2, 0) is 4.79 Å². The molecule has 3 nitrogen and oxygen atoms in total. The summed E-state index contributed by atoms with van der Waals surface area (Å²) < 4.78 is 0. The molecule has 1 aliphatic rings. The predicted octanol–water partition coefficient (Wildman–Crippen LogP) is 3.05. The first kappa shape index (κ1) is 12.7. The van der Waals surface area contributed by atoms with Crippen LogP contribution in [0.4, 0.5) is 5.69 Å². The smallest absolute Gasteiger partial charge is 0.246 e. The van der Waals surface area contributed by atoms with Gasteiger partial charge in [0.15, 0.2) is 0 Å². The Hall–Kier alpha value is -0.710. The van der Waals surface area contributed by atoms with Crippen molar-refractivity contribution in [2.75, 3.05) is 18.1 Å². The summed E-state index contributed by atoms with van der Waals surface area (Å²) in [4.78, 5) is 12.8. The number of benzene rings is 1. The molecule has 0 bridgehead atoms. The van der Waals surface area contributed by atoms with Crippen molar-refractivity contribution < 1.29 is 4.79 Å². The molecule has 1 amide bonds. The number of halogens is 1. The number of anilines is 1. The molecule has 0 aromatic heterocycles. The van der Waals surface area contributed by atoms with Crippen molar-refractivity contribution in [1.29, 1.82) is 0 Å². The fourth-order valence-corrected chi connectivity index (χ4v) is 2.80. The molecule has 2 N–H and O–H groups in total. The minimum Gasteiger partial charge on any atom is -0.324 e. The quantitative estimate of drug-likeness (QED) is 0.827. The average Bonchev–Trinajstić information content (AvgIpc) is 2.61. The van der Waals surface area contributed by atoms with Crippen LogP contribution >= 0.6 is 23.4 Å². The summed E-state index contributed by atoms with van der Waals surface area (Å²) in [5, 5.41) is 6.81. The second-order valence-electron chi connectivity index (χ2n) is 3.95. The molecule has 1 atom stereocenters. The van der Waals surface area contributed by atoms with Crippen LogP contribution in [0.25, 0.3) is 0 Å². The Morgan fingerprint density at radius 1 is 1.53 bits per heavy atom. The number of carbonyl (C=O) groups is 1. The molecule has 1 unspecified atom stereocenters. The zero-order valence-corrected chi connectivity index (χ0v) is 11.4. The maximum absolute atomic E-state index is 11.8. The zero-order chi connectivity index (χ0) is 12.4. The molecular weight excluding hydrogens is 256 g/mol. The van der Waals surface area contributed by atoms with Gasteiger partial charge in [0.25, 0.3) is 0 Å². The summed E-state index contributed by atoms with van der Waals surface area (Å²) >= 11 is 7.75. The molecule has 0 saturated heterocycles. The fraction of sp³-hybridized carbons (Fsp3) is 0.417. The third-order valence-electron chi connectivity index (χ3n) is 2.75. The van der Waals surface area contributed by atoms with Gasteiger partial charge in [0, 0.05) is 16.1 Å². The van der Waals surface area contributed by atoms with Crippen LogP contribution in [0.2, 0.25) is 5.02 Å². The normalized spacial score (nSPS) is 18.1. The molecule has 0 radical (unpaired) electrons. The summed E-state index contributed by atoms with van der Waals surface area (Å²) in [6.45, 7) is 2.89. The number of hydrogen-bond donors (Lipinski definition) is 2. The van der Waals surface area contributed by atoms with Crippen LogP contribution < -0.4 is 10.6 Å². The van der Waals surface area contributed by atoms with E-state index in [2.05, 4.69) is 17.6 Å². The minimum absolute atomic E-state index is 0.00256. The van der Waals surface area contributed by atoms with Crippen molar-refractivity contribution in [3.05, 3.63) is 22.7 Å². The Morgan fingerprint density at radius 2 is 2.29 bits per heavy atom. The highest BCUT2D eigenvalue weighted by molar-refractivity contribution is 7.98. The Morgan fingerprint density at radius 3 is 2.94 bits per heavy atom. The van der Waals surface area contributed by atoms with Crippen LogP contribution in [0.5, 0.6) is 0 Å². The lowest BCUT2D eigenvalue weighted by molar-refractivity contribution is -0.117. The van der Waals surface area contributed by atoms with E-state index < -0.39 is 0 Å². The van der Waals surface area contributed by atoms with Gasteiger partial charge in [0.2, 0.25) is 5.91 Å². The van der Waals surface area contributed by atoms with Gasteiger partial charge in [-0.3, -0.25) is 4.79 Å². The summed E-state index contributed by atoms with van der Waals surface area (Å²) in [6, 6.07) is 3.56. The van der Waals surface area contributed by atoms with E-state index in [1.807, 2.05) is 18.4 Å². The maximum Gasteiger partial charge on any atom is 0.246 e. The highest BCUT2D eigenvalue weighted by Crippen LogP contribution is 2.38. The second kappa shape index (κ2) is 5.29. The molecule has 1 aromatic rings. The Balaban J connectivity index is 2.33. The lowest BCUT2D eigenvalue weighted by Gasteiger charge is -2.11. The first-order valence-electron chi connectivity index (χ1n) is 5.59. The topological polar surface area (TPSA) is 41.1 Å². The molecule has 92 valence electrons. The van der Waals surface area contributed by atoms with E-state index >= 15 is 0 Å². The van der Waals surface area contributed by atoms with Gasteiger partial charge < -0.3 is 10.6 Å². The van der Waals surface area contributed by atoms with Gasteiger partial charge in [-0.1, -0.05) is 18.5 Å². The van der Waals surface area contributed by atoms with Gasteiger partial charge in [0.1, 0.15) is 6.04 Å². The van der Waals surface area contributed by atoms with Gasteiger partial charge >= 0.3 is 0 Å². The van der Waals surface area contributed by atoms with Crippen LogP contribution in [0.1, 0.15) is 24.9 Å².